The number of amides is 1. The van der Waals surface area contributed by atoms with Crippen molar-refractivity contribution in [3.8, 4) is 11.3 Å². The number of hydrogen-bond acceptors (Lipinski definition) is 6. The van der Waals surface area contributed by atoms with Crippen LogP contribution in [0.3, 0.4) is 0 Å². The first-order valence-corrected chi connectivity index (χ1v) is 12.3. The van der Waals surface area contributed by atoms with Crippen LogP contribution in [0.4, 0.5) is 17.1 Å². The summed E-state index contributed by atoms with van der Waals surface area (Å²) in [6, 6.07) is 16.2. The number of hydrogen-bond donors (Lipinski definition) is 0. The van der Waals surface area contributed by atoms with Gasteiger partial charge < -0.3 is 19.1 Å². The zero-order chi connectivity index (χ0) is 24.4. The normalized spacial score (nSPS) is 16.4. The van der Waals surface area contributed by atoms with Crippen molar-refractivity contribution < 1.29 is 14.1 Å². The third-order valence-corrected chi connectivity index (χ3v) is 6.98. The first kappa shape index (κ1) is 23.2. The van der Waals surface area contributed by atoms with Gasteiger partial charge >= 0.3 is 0 Å². The minimum Gasteiger partial charge on any atom is -0.451 e. The van der Waals surface area contributed by atoms with E-state index in [0.29, 0.717) is 48.4 Å². The summed E-state index contributed by atoms with van der Waals surface area (Å²) in [4.78, 5) is 30.4. The molecule has 0 unspecified atom stereocenters. The van der Waals surface area contributed by atoms with Crippen LogP contribution < -0.4 is 9.80 Å². The molecule has 2 aliphatic rings. The van der Waals surface area contributed by atoms with Gasteiger partial charge in [-0.2, -0.15) is 0 Å². The van der Waals surface area contributed by atoms with E-state index < -0.39 is 0 Å². The Hall–Kier alpha value is -3.52. The maximum atomic E-state index is 13.0. The summed E-state index contributed by atoms with van der Waals surface area (Å²) in [5.74, 6) is 0.800. The number of anilines is 2. The quantitative estimate of drug-likeness (QED) is 0.346. The van der Waals surface area contributed by atoms with E-state index in [1.807, 2.05) is 24.3 Å². The molecule has 35 heavy (non-hydrogen) atoms. The van der Waals surface area contributed by atoms with E-state index in [9.17, 15) is 14.9 Å². The molecule has 2 aliphatic heterocycles. The van der Waals surface area contributed by atoms with Gasteiger partial charge in [-0.3, -0.25) is 14.9 Å². The standard InChI is InChI=1S/C26H27ClN4O4/c27-20-6-4-19(5-7-20)24-10-11-25(35-24)26(32)30-16-14-28(15-17-30)21-8-9-22(31(33)34)23(18-21)29-12-2-1-3-13-29/h4-11,18H,1-3,12-17H2. The molecular weight excluding hydrogens is 468 g/mol. The molecule has 0 N–H and O–H groups in total. The van der Waals surface area contributed by atoms with E-state index in [1.54, 1.807) is 35.2 Å². The molecule has 3 aromatic rings. The summed E-state index contributed by atoms with van der Waals surface area (Å²) in [7, 11) is 0. The van der Waals surface area contributed by atoms with Crippen LogP contribution in [0.2, 0.25) is 5.02 Å². The summed E-state index contributed by atoms with van der Waals surface area (Å²) in [5, 5.41) is 12.3. The first-order chi connectivity index (χ1) is 17.0. The number of carbonyl (C=O) groups excluding carboxylic acids is 1. The molecule has 182 valence electrons. The molecule has 0 atom stereocenters. The number of furan rings is 1. The lowest BCUT2D eigenvalue weighted by molar-refractivity contribution is -0.384. The van der Waals surface area contributed by atoms with Gasteiger partial charge in [0.25, 0.3) is 11.6 Å². The van der Waals surface area contributed by atoms with Crippen LogP contribution in [0.25, 0.3) is 11.3 Å². The number of benzene rings is 2. The maximum Gasteiger partial charge on any atom is 0.292 e. The Morgan fingerprint density at radius 2 is 1.57 bits per heavy atom. The number of halogens is 1. The van der Waals surface area contributed by atoms with E-state index in [-0.39, 0.29) is 16.5 Å². The highest BCUT2D eigenvalue weighted by Crippen LogP contribution is 2.34. The molecule has 0 saturated carbocycles. The number of nitro benzene ring substituents is 1. The fourth-order valence-corrected chi connectivity index (χ4v) is 4.92. The van der Waals surface area contributed by atoms with Crippen molar-refractivity contribution in [2.75, 3.05) is 49.1 Å². The third kappa shape index (κ3) is 4.98. The lowest BCUT2D eigenvalue weighted by Gasteiger charge is -2.36. The lowest BCUT2D eigenvalue weighted by atomic mass is 10.1. The Morgan fingerprint density at radius 3 is 2.26 bits per heavy atom. The van der Waals surface area contributed by atoms with Crippen LogP contribution >= 0.6 is 11.6 Å². The number of carbonyl (C=O) groups is 1. The average Bonchev–Trinajstić information content (AvgIpc) is 3.39. The van der Waals surface area contributed by atoms with Crippen molar-refractivity contribution in [2.45, 2.75) is 19.3 Å². The summed E-state index contributed by atoms with van der Waals surface area (Å²) in [6.45, 7) is 4.07. The fraction of sp³-hybridized carbons (Fsp3) is 0.346. The van der Waals surface area contributed by atoms with E-state index in [1.165, 1.54) is 0 Å². The third-order valence-electron chi connectivity index (χ3n) is 6.73. The van der Waals surface area contributed by atoms with Crippen molar-refractivity contribution in [3.63, 3.8) is 0 Å². The Balaban J connectivity index is 1.26. The van der Waals surface area contributed by atoms with Crippen molar-refractivity contribution in [2.24, 2.45) is 0 Å². The van der Waals surface area contributed by atoms with Crippen molar-refractivity contribution >= 4 is 34.6 Å². The summed E-state index contributed by atoms with van der Waals surface area (Å²) < 4.78 is 5.84. The van der Waals surface area contributed by atoms with E-state index in [4.69, 9.17) is 16.0 Å². The molecular formula is C26H27ClN4O4. The average molecular weight is 495 g/mol. The number of piperazine rings is 1. The number of piperidine rings is 1. The van der Waals surface area contributed by atoms with Crippen molar-refractivity contribution in [1.82, 2.24) is 4.90 Å². The molecule has 2 saturated heterocycles. The van der Waals surface area contributed by atoms with Gasteiger partial charge in [0, 0.05) is 61.6 Å². The number of nitro groups is 1. The van der Waals surface area contributed by atoms with Gasteiger partial charge in [-0.1, -0.05) is 11.6 Å². The minimum atomic E-state index is -0.300. The molecule has 0 spiro atoms. The predicted molar refractivity (Wildman–Crippen MR) is 136 cm³/mol. The highest BCUT2D eigenvalue weighted by atomic mass is 35.5. The number of rotatable bonds is 5. The molecule has 0 bridgehead atoms. The summed E-state index contributed by atoms with van der Waals surface area (Å²) in [6.07, 6.45) is 3.26. The van der Waals surface area contributed by atoms with Gasteiger partial charge in [-0.05, 0) is 67.8 Å². The molecule has 9 heteroatoms. The molecule has 2 fully saturated rings. The highest BCUT2D eigenvalue weighted by molar-refractivity contribution is 6.30. The van der Waals surface area contributed by atoms with Gasteiger partial charge in [-0.15, -0.1) is 0 Å². The fourth-order valence-electron chi connectivity index (χ4n) is 4.80. The highest BCUT2D eigenvalue weighted by Gasteiger charge is 2.27. The summed E-state index contributed by atoms with van der Waals surface area (Å²) >= 11 is 5.95. The van der Waals surface area contributed by atoms with Crippen LogP contribution in [0.15, 0.2) is 59.0 Å². The maximum absolute atomic E-state index is 13.0. The van der Waals surface area contributed by atoms with E-state index in [0.717, 1.165) is 43.6 Å². The Bertz CT molecular complexity index is 1210. The molecule has 1 aromatic heterocycles. The Morgan fingerprint density at radius 1 is 0.857 bits per heavy atom. The topological polar surface area (TPSA) is 83.1 Å². The van der Waals surface area contributed by atoms with Crippen LogP contribution in [-0.4, -0.2) is 55.0 Å². The molecule has 0 aliphatic carbocycles. The lowest BCUT2D eigenvalue weighted by Crippen LogP contribution is -2.48. The Kier molecular flexibility index (Phi) is 6.63. The zero-order valence-corrected chi connectivity index (χ0v) is 20.1. The molecule has 5 rings (SSSR count). The second-order valence-electron chi connectivity index (χ2n) is 8.93. The second kappa shape index (κ2) is 10.00. The van der Waals surface area contributed by atoms with Gasteiger partial charge in [0.1, 0.15) is 11.4 Å². The van der Waals surface area contributed by atoms with Crippen LogP contribution in [0.1, 0.15) is 29.8 Å². The van der Waals surface area contributed by atoms with Gasteiger partial charge in [0.15, 0.2) is 5.76 Å². The second-order valence-corrected chi connectivity index (χ2v) is 9.36. The predicted octanol–water partition coefficient (Wildman–Crippen LogP) is 5.46. The van der Waals surface area contributed by atoms with Gasteiger partial charge in [0.05, 0.1) is 4.92 Å². The first-order valence-electron chi connectivity index (χ1n) is 11.9. The Labute approximate surface area is 208 Å². The van der Waals surface area contributed by atoms with Crippen molar-refractivity contribution in [3.05, 3.63) is 75.5 Å². The van der Waals surface area contributed by atoms with E-state index in [2.05, 4.69) is 9.80 Å². The molecule has 0 radical (unpaired) electrons. The van der Waals surface area contributed by atoms with Crippen molar-refractivity contribution in [1.29, 1.82) is 0 Å². The van der Waals surface area contributed by atoms with E-state index >= 15 is 0 Å². The minimum absolute atomic E-state index is 0.137. The van der Waals surface area contributed by atoms with Crippen LogP contribution in [-0.2, 0) is 0 Å². The van der Waals surface area contributed by atoms with Gasteiger partial charge in [0.2, 0.25) is 0 Å². The van der Waals surface area contributed by atoms with Crippen LogP contribution in [0, 0.1) is 10.1 Å². The van der Waals surface area contributed by atoms with Gasteiger partial charge in [-0.25, -0.2) is 0 Å². The molecule has 8 nitrogen and oxygen atoms in total. The molecule has 3 heterocycles. The number of nitrogens with zero attached hydrogens (tertiary/aromatic N) is 4. The van der Waals surface area contributed by atoms with Crippen LogP contribution in [0.5, 0.6) is 0 Å². The monoisotopic (exact) mass is 494 g/mol. The zero-order valence-electron chi connectivity index (χ0n) is 19.4. The summed E-state index contributed by atoms with van der Waals surface area (Å²) in [5.41, 5.74) is 2.65. The largest absolute Gasteiger partial charge is 0.451 e. The smallest absolute Gasteiger partial charge is 0.292 e. The molecule has 1 amide bonds. The SMILES string of the molecule is O=C(c1ccc(-c2ccc(Cl)cc2)o1)N1CCN(c2ccc([N+](=O)[O-])c(N3CCCCC3)c2)CC1. The molecule has 2 aromatic carbocycles.